The second-order valence-corrected chi connectivity index (χ2v) is 3.60. The molecular formula is C10H12N2O2. The lowest BCUT2D eigenvalue weighted by molar-refractivity contribution is 0.0705. The Bertz CT molecular complexity index is 378. The number of nitrogen functional groups attached to an aromatic ring is 1. The lowest BCUT2D eigenvalue weighted by Gasteiger charge is -2.21. The Morgan fingerprint density at radius 2 is 2.36 bits per heavy atom. The van der Waals surface area contributed by atoms with Gasteiger partial charge in [-0.25, -0.2) is 4.79 Å². The van der Waals surface area contributed by atoms with E-state index in [0.717, 1.165) is 5.56 Å². The highest BCUT2D eigenvalue weighted by molar-refractivity contribution is 5.70. The van der Waals surface area contributed by atoms with Gasteiger partial charge in [-0.2, -0.15) is 0 Å². The molecule has 1 saturated heterocycles. The highest BCUT2D eigenvalue weighted by Gasteiger charge is 2.37. The molecule has 1 aromatic carbocycles. The van der Waals surface area contributed by atoms with Gasteiger partial charge in [0, 0.05) is 5.69 Å². The molecule has 0 radical (unpaired) electrons. The standard InChI is InChI=1S/C10H12N2O2/c1-10(6-12-9(13)14-10)7-3-2-4-8(11)5-7/h2-5H,6,11H2,1H3,(H,12,13). The summed E-state index contributed by atoms with van der Waals surface area (Å²) in [5.74, 6) is 0. The van der Waals surface area contributed by atoms with E-state index in [-0.39, 0.29) is 6.09 Å². The maximum atomic E-state index is 11.0. The number of nitrogens with two attached hydrogens (primary N) is 1. The highest BCUT2D eigenvalue weighted by Crippen LogP contribution is 2.29. The first kappa shape index (κ1) is 8.87. The molecule has 3 N–H and O–H groups in total. The summed E-state index contributed by atoms with van der Waals surface area (Å²) in [6, 6.07) is 7.37. The number of rotatable bonds is 1. The topological polar surface area (TPSA) is 64.3 Å². The molecule has 1 fully saturated rings. The summed E-state index contributed by atoms with van der Waals surface area (Å²) in [4.78, 5) is 11.0. The molecule has 14 heavy (non-hydrogen) atoms. The average molecular weight is 192 g/mol. The van der Waals surface area contributed by atoms with Crippen LogP contribution in [0.5, 0.6) is 0 Å². The summed E-state index contributed by atoms with van der Waals surface area (Å²) in [5.41, 5.74) is 6.65. The Labute approximate surface area is 82.1 Å². The van der Waals surface area contributed by atoms with Gasteiger partial charge in [-0.1, -0.05) is 12.1 Å². The number of ether oxygens (including phenoxy) is 1. The van der Waals surface area contributed by atoms with Gasteiger partial charge in [0.05, 0.1) is 6.54 Å². The van der Waals surface area contributed by atoms with Gasteiger partial charge in [0.25, 0.3) is 0 Å². The van der Waals surface area contributed by atoms with Crippen LogP contribution in [0.4, 0.5) is 10.5 Å². The van der Waals surface area contributed by atoms with Crippen LogP contribution in [-0.4, -0.2) is 12.6 Å². The van der Waals surface area contributed by atoms with Gasteiger partial charge in [-0.15, -0.1) is 0 Å². The van der Waals surface area contributed by atoms with Crippen molar-refractivity contribution in [2.24, 2.45) is 0 Å². The first-order chi connectivity index (χ1) is 6.60. The van der Waals surface area contributed by atoms with Crippen LogP contribution in [-0.2, 0) is 10.3 Å². The molecule has 0 saturated carbocycles. The zero-order chi connectivity index (χ0) is 10.2. The molecule has 4 heteroatoms. The third-order valence-corrected chi connectivity index (χ3v) is 2.39. The third kappa shape index (κ3) is 1.39. The predicted molar refractivity (Wildman–Crippen MR) is 52.7 cm³/mol. The van der Waals surface area contributed by atoms with Gasteiger partial charge in [0.2, 0.25) is 0 Å². The molecule has 1 aliphatic heterocycles. The first-order valence-electron chi connectivity index (χ1n) is 4.43. The average Bonchev–Trinajstić information content (AvgIpc) is 2.48. The molecule has 1 unspecified atom stereocenters. The predicted octanol–water partition coefficient (Wildman–Crippen LogP) is 1.22. The summed E-state index contributed by atoms with van der Waals surface area (Å²) in [5, 5.41) is 2.63. The molecule has 2 rings (SSSR count). The van der Waals surface area contributed by atoms with E-state index in [1.807, 2.05) is 25.1 Å². The largest absolute Gasteiger partial charge is 0.436 e. The number of anilines is 1. The van der Waals surface area contributed by atoms with Crippen molar-refractivity contribution in [3.63, 3.8) is 0 Å². The Balaban J connectivity index is 2.34. The van der Waals surface area contributed by atoms with Crippen molar-refractivity contribution in [3.05, 3.63) is 29.8 Å². The molecule has 1 atom stereocenters. The number of carbonyl (C=O) groups is 1. The number of benzene rings is 1. The van der Waals surface area contributed by atoms with E-state index in [2.05, 4.69) is 5.32 Å². The smallest absolute Gasteiger partial charge is 0.408 e. The Morgan fingerprint density at radius 3 is 2.93 bits per heavy atom. The minimum absolute atomic E-state index is 0.380. The molecule has 1 heterocycles. The van der Waals surface area contributed by atoms with Crippen LogP contribution in [0.1, 0.15) is 12.5 Å². The minimum atomic E-state index is -0.591. The van der Waals surface area contributed by atoms with E-state index in [1.54, 1.807) is 6.07 Å². The van der Waals surface area contributed by atoms with Crippen molar-refractivity contribution in [2.45, 2.75) is 12.5 Å². The summed E-state index contributed by atoms with van der Waals surface area (Å²) in [6.07, 6.45) is -0.380. The Morgan fingerprint density at radius 1 is 1.57 bits per heavy atom. The Hall–Kier alpha value is -1.71. The van der Waals surface area contributed by atoms with Gasteiger partial charge >= 0.3 is 6.09 Å². The molecule has 74 valence electrons. The zero-order valence-electron chi connectivity index (χ0n) is 7.91. The number of alkyl carbamates (subject to hydrolysis) is 1. The fraction of sp³-hybridized carbons (Fsp3) is 0.300. The van der Waals surface area contributed by atoms with E-state index < -0.39 is 5.60 Å². The minimum Gasteiger partial charge on any atom is -0.436 e. The molecule has 1 amide bonds. The van der Waals surface area contributed by atoms with Crippen LogP contribution in [0.15, 0.2) is 24.3 Å². The summed E-state index contributed by atoms with van der Waals surface area (Å²) in [6.45, 7) is 2.34. The highest BCUT2D eigenvalue weighted by atomic mass is 16.6. The van der Waals surface area contributed by atoms with E-state index in [1.165, 1.54) is 0 Å². The van der Waals surface area contributed by atoms with Crippen LogP contribution in [0.25, 0.3) is 0 Å². The van der Waals surface area contributed by atoms with Gasteiger partial charge in [0.1, 0.15) is 0 Å². The van der Waals surface area contributed by atoms with Crippen molar-refractivity contribution in [1.82, 2.24) is 5.32 Å². The van der Waals surface area contributed by atoms with Crippen molar-refractivity contribution in [2.75, 3.05) is 12.3 Å². The van der Waals surface area contributed by atoms with E-state index in [0.29, 0.717) is 12.2 Å². The van der Waals surface area contributed by atoms with Crippen molar-refractivity contribution < 1.29 is 9.53 Å². The number of hydrogen-bond acceptors (Lipinski definition) is 3. The third-order valence-electron chi connectivity index (χ3n) is 2.39. The molecule has 0 aliphatic carbocycles. The maximum Gasteiger partial charge on any atom is 0.408 e. The SMILES string of the molecule is CC1(c2cccc(N)c2)CNC(=O)O1. The molecule has 1 aromatic rings. The van der Waals surface area contributed by atoms with Crippen molar-refractivity contribution in [1.29, 1.82) is 0 Å². The van der Waals surface area contributed by atoms with Crippen LogP contribution in [0, 0.1) is 0 Å². The van der Waals surface area contributed by atoms with Gasteiger partial charge in [-0.05, 0) is 24.6 Å². The monoisotopic (exact) mass is 192 g/mol. The number of amides is 1. The van der Waals surface area contributed by atoms with Gasteiger partial charge < -0.3 is 15.8 Å². The second kappa shape index (κ2) is 2.90. The van der Waals surface area contributed by atoms with E-state index >= 15 is 0 Å². The van der Waals surface area contributed by atoms with Crippen molar-refractivity contribution in [3.8, 4) is 0 Å². The summed E-state index contributed by atoms with van der Waals surface area (Å²) >= 11 is 0. The number of cyclic esters (lactones) is 1. The lowest BCUT2D eigenvalue weighted by atomic mass is 9.96. The normalized spacial score (nSPS) is 25.6. The molecule has 1 aliphatic rings. The fourth-order valence-corrected chi connectivity index (χ4v) is 1.55. The zero-order valence-corrected chi connectivity index (χ0v) is 7.91. The maximum absolute atomic E-state index is 11.0. The van der Waals surface area contributed by atoms with Crippen LogP contribution in [0.2, 0.25) is 0 Å². The summed E-state index contributed by atoms with van der Waals surface area (Å²) in [7, 11) is 0. The van der Waals surface area contributed by atoms with Gasteiger partial charge in [-0.3, -0.25) is 0 Å². The summed E-state index contributed by atoms with van der Waals surface area (Å²) < 4.78 is 5.18. The molecule has 4 nitrogen and oxygen atoms in total. The van der Waals surface area contributed by atoms with Crippen LogP contribution < -0.4 is 11.1 Å². The fourth-order valence-electron chi connectivity index (χ4n) is 1.55. The quantitative estimate of drug-likeness (QED) is 0.657. The second-order valence-electron chi connectivity index (χ2n) is 3.60. The van der Waals surface area contributed by atoms with E-state index in [9.17, 15) is 4.79 Å². The number of hydrogen-bond donors (Lipinski definition) is 2. The number of nitrogens with one attached hydrogen (secondary N) is 1. The molecule has 0 aromatic heterocycles. The lowest BCUT2D eigenvalue weighted by Crippen LogP contribution is -2.26. The first-order valence-corrected chi connectivity index (χ1v) is 4.43. The van der Waals surface area contributed by atoms with Crippen molar-refractivity contribution >= 4 is 11.8 Å². The number of carbonyl (C=O) groups excluding carboxylic acids is 1. The Kier molecular flexibility index (Phi) is 1.84. The van der Waals surface area contributed by atoms with Gasteiger partial charge in [0.15, 0.2) is 5.60 Å². The van der Waals surface area contributed by atoms with E-state index in [4.69, 9.17) is 10.5 Å². The molecule has 0 spiro atoms. The molecule has 0 bridgehead atoms. The van der Waals surface area contributed by atoms with Crippen LogP contribution >= 0.6 is 0 Å². The van der Waals surface area contributed by atoms with Crippen LogP contribution in [0.3, 0.4) is 0 Å². The molecular weight excluding hydrogens is 180 g/mol.